The molecule has 6 nitrogen and oxygen atoms in total. The number of anilines is 2. The number of rotatable bonds is 4. The van der Waals surface area contributed by atoms with Gasteiger partial charge in [0.15, 0.2) is 0 Å². The SMILES string of the molecule is O=C1Nc2ccc(S(=O)(=O)Nc3cccc(Cl)c3)cc2/C1=C\c1ccc(O)cc1. The van der Waals surface area contributed by atoms with Crippen LogP contribution in [0.15, 0.2) is 71.6 Å². The molecule has 3 N–H and O–H groups in total. The average Bonchev–Trinajstić information content (AvgIpc) is 2.98. The van der Waals surface area contributed by atoms with Gasteiger partial charge in [-0.05, 0) is 60.2 Å². The number of phenolic OH excluding ortho intramolecular Hbond substituents is 1. The highest BCUT2D eigenvalue weighted by Crippen LogP contribution is 2.35. The van der Waals surface area contributed by atoms with Crippen LogP contribution in [0.3, 0.4) is 0 Å². The summed E-state index contributed by atoms with van der Waals surface area (Å²) in [7, 11) is -3.88. The first-order chi connectivity index (χ1) is 13.8. The normalized spacial score (nSPS) is 14.5. The van der Waals surface area contributed by atoms with Gasteiger partial charge >= 0.3 is 0 Å². The standard InChI is InChI=1S/C21H15ClN2O4S/c22-14-2-1-3-15(11-14)24-29(27,28)17-8-9-20-18(12-17)19(21(26)23-20)10-13-4-6-16(25)7-5-13/h1-12,24-25H,(H,23,26)/b19-10+. The van der Waals surface area contributed by atoms with E-state index in [0.717, 1.165) is 0 Å². The Balaban J connectivity index is 1.71. The lowest BCUT2D eigenvalue weighted by Gasteiger charge is -2.10. The molecular weight excluding hydrogens is 412 g/mol. The molecule has 0 saturated carbocycles. The largest absolute Gasteiger partial charge is 0.508 e. The van der Waals surface area contributed by atoms with Crippen LogP contribution in [0.25, 0.3) is 11.6 Å². The first-order valence-electron chi connectivity index (χ1n) is 8.57. The zero-order valence-corrected chi connectivity index (χ0v) is 16.5. The fourth-order valence-corrected chi connectivity index (χ4v) is 4.25. The van der Waals surface area contributed by atoms with Crippen molar-refractivity contribution in [2.75, 3.05) is 10.0 Å². The number of benzene rings is 3. The smallest absolute Gasteiger partial charge is 0.261 e. The summed E-state index contributed by atoms with van der Waals surface area (Å²) in [6.07, 6.45) is 1.64. The van der Waals surface area contributed by atoms with Crippen LogP contribution >= 0.6 is 11.6 Å². The monoisotopic (exact) mass is 426 g/mol. The van der Waals surface area contributed by atoms with Crippen LogP contribution in [-0.2, 0) is 14.8 Å². The molecule has 1 aliphatic rings. The van der Waals surface area contributed by atoms with E-state index in [1.807, 2.05) is 0 Å². The van der Waals surface area contributed by atoms with E-state index in [-0.39, 0.29) is 16.6 Å². The van der Waals surface area contributed by atoms with Gasteiger partial charge in [-0.3, -0.25) is 9.52 Å². The summed E-state index contributed by atoms with van der Waals surface area (Å²) in [5.41, 5.74) is 2.39. The molecule has 1 aliphatic heterocycles. The van der Waals surface area contributed by atoms with Crippen LogP contribution < -0.4 is 10.0 Å². The van der Waals surface area contributed by atoms with E-state index in [9.17, 15) is 18.3 Å². The molecule has 0 bridgehead atoms. The Morgan fingerprint density at radius 2 is 1.76 bits per heavy atom. The van der Waals surface area contributed by atoms with E-state index in [1.165, 1.54) is 30.3 Å². The predicted molar refractivity (Wildman–Crippen MR) is 113 cm³/mol. The van der Waals surface area contributed by atoms with Crippen LogP contribution in [0.1, 0.15) is 11.1 Å². The lowest BCUT2D eigenvalue weighted by molar-refractivity contribution is -0.110. The lowest BCUT2D eigenvalue weighted by atomic mass is 10.0. The molecule has 0 atom stereocenters. The molecule has 4 rings (SSSR count). The van der Waals surface area contributed by atoms with Crippen molar-refractivity contribution in [3.63, 3.8) is 0 Å². The van der Waals surface area contributed by atoms with Crippen molar-refractivity contribution in [3.05, 3.63) is 82.9 Å². The Morgan fingerprint density at radius 1 is 1.00 bits per heavy atom. The molecule has 0 spiro atoms. The van der Waals surface area contributed by atoms with Crippen LogP contribution in [-0.4, -0.2) is 19.4 Å². The summed E-state index contributed by atoms with van der Waals surface area (Å²) < 4.78 is 28.1. The van der Waals surface area contributed by atoms with Gasteiger partial charge in [0, 0.05) is 21.8 Å². The third kappa shape index (κ3) is 3.96. The van der Waals surface area contributed by atoms with E-state index in [2.05, 4.69) is 10.0 Å². The summed E-state index contributed by atoms with van der Waals surface area (Å²) in [6.45, 7) is 0. The van der Waals surface area contributed by atoms with E-state index >= 15 is 0 Å². The van der Waals surface area contributed by atoms with Crippen molar-refractivity contribution in [2.24, 2.45) is 0 Å². The Labute approximate surface area is 172 Å². The topological polar surface area (TPSA) is 95.5 Å². The van der Waals surface area contributed by atoms with Crippen molar-refractivity contribution in [2.45, 2.75) is 4.90 Å². The molecule has 0 saturated heterocycles. The molecule has 8 heteroatoms. The number of aromatic hydroxyl groups is 1. The second-order valence-electron chi connectivity index (χ2n) is 6.43. The second-order valence-corrected chi connectivity index (χ2v) is 8.55. The number of amides is 1. The second kappa shape index (κ2) is 7.27. The van der Waals surface area contributed by atoms with Gasteiger partial charge < -0.3 is 10.4 Å². The molecule has 3 aromatic carbocycles. The summed E-state index contributed by atoms with van der Waals surface area (Å²) in [4.78, 5) is 12.4. The van der Waals surface area contributed by atoms with E-state index in [4.69, 9.17) is 11.6 Å². The number of phenols is 1. The van der Waals surface area contributed by atoms with Crippen molar-refractivity contribution in [1.29, 1.82) is 0 Å². The summed E-state index contributed by atoms with van der Waals surface area (Å²) >= 11 is 5.91. The van der Waals surface area contributed by atoms with Gasteiger partial charge in [0.25, 0.3) is 15.9 Å². The van der Waals surface area contributed by atoms with Crippen LogP contribution in [0.4, 0.5) is 11.4 Å². The van der Waals surface area contributed by atoms with Gasteiger partial charge in [-0.2, -0.15) is 0 Å². The maximum absolute atomic E-state index is 12.8. The molecule has 3 aromatic rings. The molecule has 0 fully saturated rings. The van der Waals surface area contributed by atoms with Gasteiger partial charge in [0.05, 0.1) is 10.6 Å². The zero-order chi connectivity index (χ0) is 20.6. The zero-order valence-electron chi connectivity index (χ0n) is 14.9. The van der Waals surface area contributed by atoms with Crippen molar-refractivity contribution < 1.29 is 18.3 Å². The Morgan fingerprint density at radius 3 is 2.48 bits per heavy atom. The van der Waals surface area contributed by atoms with Crippen LogP contribution in [0.2, 0.25) is 5.02 Å². The van der Waals surface area contributed by atoms with E-state index in [1.54, 1.807) is 42.5 Å². The molecule has 0 radical (unpaired) electrons. The van der Waals surface area contributed by atoms with E-state index < -0.39 is 10.0 Å². The summed E-state index contributed by atoms with van der Waals surface area (Å²) in [5, 5.41) is 12.5. The maximum atomic E-state index is 12.8. The number of hydrogen-bond donors (Lipinski definition) is 3. The molecule has 29 heavy (non-hydrogen) atoms. The highest BCUT2D eigenvalue weighted by atomic mass is 35.5. The van der Waals surface area contributed by atoms with Crippen molar-refractivity contribution in [1.82, 2.24) is 0 Å². The fraction of sp³-hybridized carbons (Fsp3) is 0. The summed E-state index contributed by atoms with van der Waals surface area (Å²) in [6, 6.07) is 17.2. The lowest BCUT2D eigenvalue weighted by Crippen LogP contribution is -2.13. The Kier molecular flexibility index (Phi) is 4.77. The minimum atomic E-state index is -3.88. The van der Waals surface area contributed by atoms with E-state index in [0.29, 0.717) is 33.1 Å². The molecule has 0 unspecified atom stereocenters. The molecule has 0 aromatic heterocycles. The Bertz CT molecular complexity index is 1250. The molecule has 1 heterocycles. The molecule has 0 aliphatic carbocycles. The average molecular weight is 427 g/mol. The first-order valence-corrected chi connectivity index (χ1v) is 10.4. The van der Waals surface area contributed by atoms with Gasteiger partial charge in [-0.15, -0.1) is 0 Å². The van der Waals surface area contributed by atoms with Gasteiger partial charge in [-0.25, -0.2) is 8.42 Å². The number of nitrogens with one attached hydrogen (secondary N) is 2. The summed E-state index contributed by atoms with van der Waals surface area (Å²) in [5.74, 6) is -0.214. The molecule has 146 valence electrons. The van der Waals surface area contributed by atoms with Gasteiger partial charge in [-0.1, -0.05) is 29.8 Å². The quantitative estimate of drug-likeness (QED) is 0.541. The predicted octanol–water partition coefficient (Wildman–Crippen LogP) is 4.34. The number of fused-ring (bicyclic) bond motifs is 1. The highest BCUT2D eigenvalue weighted by molar-refractivity contribution is 7.92. The third-order valence-electron chi connectivity index (χ3n) is 4.37. The van der Waals surface area contributed by atoms with Gasteiger partial charge in [0.1, 0.15) is 5.75 Å². The van der Waals surface area contributed by atoms with Gasteiger partial charge in [0.2, 0.25) is 0 Å². The number of halogens is 1. The number of carbonyl (C=O) groups excluding carboxylic acids is 1. The number of carbonyl (C=O) groups is 1. The maximum Gasteiger partial charge on any atom is 0.261 e. The number of sulfonamides is 1. The highest BCUT2D eigenvalue weighted by Gasteiger charge is 2.26. The molecular formula is C21H15ClN2O4S. The van der Waals surface area contributed by atoms with Crippen molar-refractivity contribution in [3.8, 4) is 5.75 Å². The molecule has 1 amide bonds. The number of hydrogen-bond acceptors (Lipinski definition) is 4. The first kappa shape index (κ1) is 19.0. The minimum Gasteiger partial charge on any atom is -0.508 e. The Hall–Kier alpha value is -3.29. The third-order valence-corrected chi connectivity index (χ3v) is 5.98. The van der Waals surface area contributed by atoms with Crippen LogP contribution in [0.5, 0.6) is 5.75 Å². The fourth-order valence-electron chi connectivity index (χ4n) is 2.98. The minimum absolute atomic E-state index is 0.0179. The van der Waals surface area contributed by atoms with Crippen molar-refractivity contribution >= 4 is 50.6 Å². The van der Waals surface area contributed by atoms with Crippen LogP contribution in [0, 0.1) is 0 Å².